The summed E-state index contributed by atoms with van der Waals surface area (Å²) in [6, 6.07) is 17.4. The highest BCUT2D eigenvalue weighted by atomic mass is 32.2. The van der Waals surface area contributed by atoms with E-state index in [1.807, 2.05) is 68.4 Å². The van der Waals surface area contributed by atoms with Gasteiger partial charge in [-0.1, -0.05) is 59.5 Å². The van der Waals surface area contributed by atoms with Crippen molar-refractivity contribution in [3.8, 4) is 0 Å². The van der Waals surface area contributed by atoms with Gasteiger partial charge in [0.1, 0.15) is 0 Å². The van der Waals surface area contributed by atoms with Gasteiger partial charge < -0.3 is 10.6 Å². The van der Waals surface area contributed by atoms with Crippen LogP contribution < -0.4 is 10.6 Å². The Hall–Kier alpha value is -2.38. The molecule has 0 saturated heterocycles. The molecule has 1 atom stereocenters. The Morgan fingerprint density at radius 1 is 1.08 bits per heavy atom. The molecule has 0 fully saturated rings. The Labute approximate surface area is 154 Å². The highest BCUT2D eigenvalue weighted by Gasteiger charge is 2.17. The van der Waals surface area contributed by atoms with Gasteiger partial charge in [0, 0.05) is 11.4 Å². The summed E-state index contributed by atoms with van der Waals surface area (Å²) in [5.74, 6) is -0.0557. The van der Waals surface area contributed by atoms with Crippen LogP contribution in [-0.2, 0) is 4.79 Å². The number of para-hydroxylation sites is 2. The number of carbonyl (C=O) groups excluding carboxylic acids is 1. The van der Waals surface area contributed by atoms with Crippen LogP contribution in [0.2, 0.25) is 0 Å². The van der Waals surface area contributed by atoms with Gasteiger partial charge in [-0.05, 0) is 37.6 Å². The minimum atomic E-state index is -0.264. The second kappa shape index (κ2) is 8.13. The van der Waals surface area contributed by atoms with Crippen LogP contribution in [0.5, 0.6) is 0 Å². The molecule has 5 nitrogen and oxygen atoms in total. The predicted molar refractivity (Wildman–Crippen MR) is 105 cm³/mol. The van der Waals surface area contributed by atoms with Crippen LogP contribution in [0.1, 0.15) is 12.5 Å². The molecule has 0 aliphatic rings. The van der Waals surface area contributed by atoms with Crippen molar-refractivity contribution in [3.05, 3.63) is 60.2 Å². The molecular weight excluding hydrogens is 352 g/mol. The van der Waals surface area contributed by atoms with E-state index in [9.17, 15) is 4.79 Å². The fourth-order valence-corrected chi connectivity index (χ4v) is 4.01. The molecule has 0 spiro atoms. The van der Waals surface area contributed by atoms with E-state index in [1.54, 1.807) is 0 Å². The standard InChI is InChI=1S/C18H18N4OS2/c1-12-8-6-7-11-15(12)20-17-21-22-18(25-17)24-13(2)16(23)19-14-9-4-3-5-10-14/h3-11,13H,1-2H3,(H,19,23)(H,20,21)/t13-/m0/s1. The number of nitrogens with one attached hydrogen (secondary N) is 2. The van der Waals surface area contributed by atoms with Gasteiger partial charge in [-0.25, -0.2) is 0 Å². The number of nitrogens with zero attached hydrogens (tertiary/aromatic N) is 2. The zero-order valence-electron chi connectivity index (χ0n) is 13.9. The van der Waals surface area contributed by atoms with Crippen molar-refractivity contribution in [1.29, 1.82) is 0 Å². The van der Waals surface area contributed by atoms with Gasteiger partial charge >= 0.3 is 0 Å². The summed E-state index contributed by atoms with van der Waals surface area (Å²) in [6.07, 6.45) is 0. The first-order valence-corrected chi connectivity index (χ1v) is 9.50. The van der Waals surface area contributed by atoms with E-state index in [0.717, 1.165) is 21.3 Å². The largest absolute Gasteiger partial charge is 0.330 e. The lowest BCUT2D eigenvalue weighted by Gasteiger charge is -2.09. The molecule has 1 heterocycles. The fraction of sp³-hybridized carbons (Fsp3) is 0.167. The van der Waals surface area contributed by atoms with Crippen molar-refractivity contribution >= 4 is 45.5 Å². The molecule has 2 aromatic carbocycles. The lowest BCUT2D eigenvalue weighted by molar-refractivity contribution is -0.115. The molecule has 0 aliphatic carbocycles. The fourth-order valence-electron chi connectivity index (χ4n) is 2.11. The summed E-state index contributed by atoms with van der Waals surface area (Å²) in [7, 11) is 0. The number of aryl methyl sites for hydroxylation is 1. The van der Waals surface area contributed by atoms with Gasteiger partial charge in [-0.2, -0.15) is 0 Å². The average molecular weight is 371 g/mol. The van der Waals surface area contributed by atoms with Crippen molar-refractivity contribution in [1.82, 2.24) is 10.2 Å². The third-order valence-electron chi connectivity index (χ3n) is 3.48. The summed E-state index contributed by atoms with van der Waals surface area (Å²) in [5.41, 5.74) is 2.94. The first-order chi connectivity index (χ1) is 12.1. The molecule has 2 N–H and O–H groups in total. The summed E-state index contributed by atoms with van der Waals surface area (Å²) in [4.78, 5) is 12.3. The van der Waals surface area contributed by atoms with Crippen LogP contribution in [0, 0.1) is 6.92 Å². The van der Waals surface area contributed by atoms with Crippen LogP contribution in [0.25, 0.3) is 0 Å². The second-order valence-corrected chi connectivity index (χ2v) is 7.99. The number of aromatic nitrogens is 2. The highest BCUT2D eigenvalue weighted by molar-refractivity contribution is 8.02. The number of hydrogen-bond donors (Lipinski definition) is 2. The van der Waals surface area contributed by atoms with E-state index >= 15 is 0 Å². The number of thioether (sulfide) groups is 1. The van der Waals surface area contributed by atoms with Gasteiger partial charge in [-0.3, -0.25) is 4.79 Å². The van der Waals surface area contributed by atoms with Crippen LogP contribution >= 0.6 is 23.1 Å². The van der Waals surface area contributed by atoms with Crippen LogP contribution in [0.3, 0.4) is 0 Å². The molecule has 25 heavy (non-hydrogen) atoms. The Morgan fingerprint density at radius 2 is 1.80 bits per heavy atom. The smallest absolute Gasteiger partial charge is 0.237 e. The summed E-state index contributed by atoms with van der Waals surface area (Å²) >= 11 is 2.84. The van der Waals surface area contributed by atoms with Gasteiger partial charge in [0.05, 0.1) is 5.25 Å². The maximum Gasteiger partial charge on any atom is 0.237 e. The quantitative estimate of drug-likeness (QED) is 0.615. The van der Waals surface area contributed by atoms with Crippen molar-refractivity contribution in [3.63, 3.8) is 0 Å². The van der Waals surface area contributed by atoms with Crippen molar-refractivity contribution < 1.29 is 4.79 Å². The van der Waals surface area contributed by atoms with Crippen molar-refractivity contribution in [2.75, 3.05) is 10.6 Å². The minimum Gasteiger partial charge on any atom is -0.330 e. The summed E-state index contributed by atoms with van der Waals surface area (Å²) in [5, 5.41) is 14.9. The van der Waals surface area contributed by atoms with E-state index in [0.29, 0.717) is 5.13 Å². The molecular formula is C18H18N4OS2. The number of rotatable bonds is 6. The Bertz CT molecular complexity index is 851. The maximum atomic E-state index is 12.3. The molecule has 1 amide bonds. The van der Waals surface area contributed by atoms with Gasteiger partial charge in [0.15, 0.2) is 4.34 Å². The zero-order chi connectivity index (χ0) is 17.6. The van der Waals surface area contributed by atoms with Crippen LogP contribution in [0.15, 0.2) is 58.9 Å². The average Bonchev–Trinajstić information content (AvgIpc) is 3.05. The van der Waals surface area contributed by atoms with Gasteiger partial charge in [0.25, 0.3) is 0 Å². The molecule has 0 aliphatic heterocycles. The van der Waals surface area contributed by atoms with Gasteiger partial charge in [0.2, 0.25) is 11.0 Å². The summed E-state index contributed by atoms with van der Waals surface area (Å²) in [6.45, 7) is 3.90. The predicted octanol–water partition coefficient (Wildman–Crippen LogP) is 4.71. The number of anilines is 3. The molecule has 3 aromatic rings. The zero-order valence-corrected chi connectivity index (χ0v) is 15.5. The van der Waals surface area contributed by atoms with Crippen LogP contribution in [0.4, 0.5) is 16.5 Å². The van der Waals surface area contributed by atoms with E-state index in [1.165, 1.54) is 23.1 Å². The van der Waals surface area contributed by atoms with Gasteiger partial charge in [-0.15, -0.1) is 10.2 Å². The second-order valence-electron chi connectivity index (χ2n) is 5.43. The number of hydrogen-bond acceptors (Lipinski definition) is 6. The SMILES string of the molecule is Cc1ccccc1Nc1nnc(S[C@@H](C)C(=O)Nc2ccccc2)s1. The van der Waals surface area contributed by atoms with E-state index in [4.69, 9.17) is 0 Å². The molecule has 0 radical (unpaired) electrons. The normalized spacial score (nSPS) is 11.8. The first-order valence-electron chi connectivity index (χ1n) is 7.80. The number of carbonyl (C=O) groups is 1. The lowest BCUT2D eigenvalue weighted by Crippen LogP contribution is -2.22. The summed E-state index contributed by atoms with van der Waals surface area (Å²) < 4.78 is 0.756. The Balaban J connectivity index is 1.59. The van der Waals surface area contributed by atoms with E-state index < -0.39 is 0 Å². The number of amides is 1. The van der Waals surface area contributed by atoms with E-state index in [-0.39, 0.29) is 11.2 Å². The molecule has 7 heteroatoms. The van der Waals surface area contributed by atoms with Crippen molar-refractivity contribution in [2.24, 2.45) is 0 Å². The third kappa shape index (κ3) is 4.80. The van der Waals surface area contributed by atoms with E-state index in [2.05, 4.69) is 20.8 Å². The maximum absolute atomic E-state index is 12.3. The highest BCUT2D eigenvalue weighted by Crippen LogP contribution is 2.31. The number of benzene rings is 2. The third-order valence-corrected chi connectivity index (χ3v) is 5.50. The molecule has 0 unspecified atom stereocenters. The minimum absolute atomic E-state index is 0.0557. The monoisotopic (exact) mass is 370 g/mol. The topological polar surface area (TPSA) is 66.9 Å². The lowest BCUT2D eigenvalue weighted by atomic mass is 10.2. The molecule has 1 aromatic heterocycles. The Kier molecular flexibility index (Phi) is 5.67. The molecule has 3 rings (SSSR count). The Morgan fingerprint density at radius 3 is 2.56 bits per heavy atom. The molecule has 0 saturated carbocycles. The van der Waals surface area contributed by atoms with Crippen LogP contribution in [-0.4, -0.2) is 21.4 Å². The molecule has 0 bridgehead atoms. The van der Waals surface area contributed by atoms with Crippen molar-refractivity contribution in [2.45, 2.75) is 23.4 Å². The first kappa shape index (κ1) is 17.4. The molecule has 128 valence electrons.